The number of halogens is 1. The van der Waals surface area contributed by atoms with E-state index in [0.29, 0.717) is 11.1 Å². The van der Waals surface area contributed by atoms with Crippen LogP contribution in [-0.2, 0) is 26.8 Å². The van der Waals surface area contributed by atoms with Crippen molar-refractivity contribution in [3.8, 4) is 0 Å². The van der Waals surface area contributed by atoms with Gasteiger partial charge in [-0.15, -0.1) is 0 Å². The highest BCUT2D eigenvalue weighted by Gasteiger charge is 2.25. The third kappa shape index (κ3) is 4.63. The molecule has 10 heteroatoms. The number of fused-ring (bicyclic) bond motifs is 1. The van der Waals surface area contributed by atoms with E-state index in [-0.39, 0.29) is 11.6 Å². The highest BCUT2D eigenvalue weighted by Crippen LogP contribution is 2.36. The van der Waals surface area contributed by atoms with E-state index < -0.39 is 30.0 Å². The first-order chi connectivity index (χ1) is 15.0. The summed E-state index contributed by atoms with van der Waals surface area (Å²) in [6, 6.07) is 16.3. The zero-order valence-electron chi connectivity index (χ0n) is 16.4. The van der Waals surface area contributed by atoms with Crippen LogP contribution in [0.4, 0.5) is 0 Å². The molecule has 0 fully saturated rings. The lowest BCUT2D eigenvalue weighted by Crippen LogP contribution is -2.13. The van der Waals surface area contributed by atoms with Crippen molar-refractivity contribution in [1.29, 1.82) is 0 Å². The fraction of sp³-hybridized carbons (Fsp3) is 0.0909. The first-order valence-electron chi connectivity index (χ1n) is 9.42. The number of benzene rings is 3. The molecule has 4 rings (SSSR count). The average molecular weight is 492 g/mol. The summed E-state index contributed by atoms with van der Waals surface area (Å²) in [5.74, 6) is 0. The maximum absolute atomic E-state index is 11.7. The minimum Gasteiger partial charge on any atom is -0.302 e. The van der Waals surface area contributed by atoms with Gasteiger partial charge in [0.15, 0.2) is 0 Å². The molecule has 3 N–H and O–H groups in total. The number of rotatable bonds is 5. The molecule has 0 radical (unpaired) electrons. The first-order valence-corrected chi connectivity index (χ1v) is 12.7. The van der Waals surface area contributed by atoms with E-state index in [1.807, 2.05) is 42.5 Å². The van der Waals surface area contributed by atoms with Crippen LogP contribution >= 0.6 is 11.6 Å². The molecule has 0 saturated heterocycles. The summed E-state index contributed by atoms with van der Waals surface area (Å²) < 4.78 is 64.6. The maximum Gasteiger partial charge on any atom is 0.295 e. The normalized spacial score (nSPS) is 16.4. The topological polar surface area (TPSA) is 121 Å². The second-order valence-electron chi connectivity index (χ2n) is 7.28. The van der Waals surface area contributed by atoms with Gasteiger partial charge in [-0.1, -0.05) is 66.2 Å². The Kier molecular flexibility index (Phi) is 5.97. The number of nitrogens with one attached hydrogen (secondary N) is 1. The van der Waals surface area contributed by atoms with Crippen LogP contribution in [-0.4, -0.2) is 25.9 Å². The Morgan fingerprint density at radius 3 is 2.28 bits per heavy atom. The zero-order chi connectivity index (χ0) is 23.1. The molecule has 0 spiro atoms. The molecular weight excluding hydrogens is 474 g/mol. The van der Waals surface area contributed by atoms with Crippen molar-refractivity contribution in [2.45, 2.75) is 22.4 Å². The maximum atomic E-state index is 11.7. The standard InChI is InChI=1S/C22H18ClNO6S2/c23-19-3-1-2-17-13-24-22(21(17)19)16-8-5-14(6-9-16)4-7-15-10-11-18(31(25,26)27)12-20(15)32(28,29)30/h1-12,22,24H,13H2,(H,25,26,27)(H,28,29,30). The van der Waals surface area contributed by atoms with Gasteiger partial charge in [0.25, 0.3) is 20.2 Å². The van der Waals surface area contributed by atoms with Crippen LogP contribution in [0.3, 0.4) is 0 Å². The van der Waals surface area contributed by atoms with Crippen molar-refractivity contribution in [2.24, 2.45) is 0 Å². The van der Waals surface area contributed by atoms with Gasteiger partial charge in [0.1, 0.15) is 4.90 Å². The molecule has 0 bridgehead atoms. The van der Waals surface area contributed by atoms with Crippen LogP contribution in [0.1, 0.15) is 33.9 Å². The van der Waals surface area contributed by atoms with Gasteiger partial charge in [0.2, 0.25) is 0 Å². The molecule has 1 unspecified atom stereocenters. The lowest BCUT2D eigenvalue weighted by Gasteiger charge is -2.14. The molecule has 0 saturated carbocycles. The molecule has 1 aliphatic heterocycles. The second kappa shape index (κ2) is 8.43. The Balaban J connectivity index is 1.62. The molecule has 3 aromatic rings. The molecule has 7 nitrogen and oxygen atoms in total. The summed E-state index contributed by atoms with van der Waals surface area (Å²) in [4.78, 5) is -1.25. The monoisotopic (exact) mass is 491 g/mol. The Bertz CT molecular complexity index is 1430. The molecule has 3 aromatic carbocycles. The number of hydrogen-bond donors (Lipinski definition) is 3. The summed E-state index contributed by atoms with van der Waals surface area (Å²) in [6.45, 7) is 0.722. The van der Waals surface area contributed by atoms with E-state index in [1.165, 1.54) is 12.1 Å². The Morgan fingerprint density at radius 2 is 1.62 bits per heavy atom. The van der Waals surface area contributed by atoms with E-state index in [1.54, 1.807) is 6.08 Å². The highest BCUT2D eigenvalue weighted by molar-refractivity contribution is 7.86. The fourth-order valence-electron chi connectivity index (χ4n) is 3.68. The predicted molar refractivity (Wildman–Crippen MR) is 122 cm³/mol. The minimum atomic E-state index is -4.72. The van der Waals surface area contributed by atoms with Crippen molar-refractivity contribution in [3.63, 3.8) is 0 Å². The summed E-state index contributed by atoms with van der Waals surface area (Å²) in [7, 11) is -9.34. The third-order valence-corrected chi connectivity index (χ3v) is 7.30. The van der Waals surface area contributed by atoms with Crippen LogP contribution in [0.15, 0.2) is 70.5 Å². The Labute approximate surface area is 190 Å². The van der Waals surface area contributed by atoms with Crippen LogP contribution in [0.5, 0.6) is 0 Å². The molecule has 32 heavy (non-hydrogen) atoms. The minimum absolute atomic E-state index is 0.0316. The van der Waals surface area contributed by atoms with Crippen molar-refractivity contribution < 1.29 is 25.9 Å². The lowest BCUT2D eigenvalue weighted by atomic mass is 9.97. The Hall–Kier alpha value is -2.53. The van der Waals surface area contributed by atoms with E-state index in [9.17, 15) is 21.4 Å². The molecular formula is C22H18ClNO6S2. The van der Waals surface area contributed by atoms with E-state index in [4.69, 9.17) is 16.2 Å². The van der Waals surface area contributed by atoms with Crippen molar-refractivity contribution in [3.05, 3.63) is 93.5 Å². The van der Waals surface area contributed by atoms with Crippen LogP contribution < -0.4 is 5.32 Å². The first kappa shape index (κ1) is 22.7. The summed E-state index contributed by atoms with van der Waals surface area (Å²) in [6.07, 6.45) is 3.07. The van der Waals surface area contributed by atoms with Gasteiger partial charge >= 0.3 is 0 Å². The molecule has 0 aliphatic carbocycles. The third-order valence-electron chi connectivity index (χ3n) is 5.21. The van der Waals surface area contributed by atoms with Crippen molar-refractivity contribution in [2.75, 3.05) is 0 Å². The molecule has 0 aromatic heterocycles. The van der Waals surface area contributed by atoms with Gasteiger partial charge in [-0.05, 0) is 46.0 Å². The number of hydrogen-bond acceptors (Lipinski definition) is 5. The molecule has 166 valence electrons. The largest absolute Gasteiger partial charge is 0.302 e. The summed E-state index contributed by atoms with van der Waals surface area (Å²) in [5, 5.41) is 4.13. The zero-order valence-corrected chi connectivity index (χ0v) is 18.8. The van der Waals surface area contributed by atoms with Crippen molar-refractivity contribution >= 4 is 44.0 Å². The molecule has 1 heterocycles. The van der Waals surface area contributed by atoms with Gasteiger partial charge in [-0.25, -0.2) is 0 Å². The molecule has 1 aliphatic rings. The SMILES string of the molecule is O=S(=O)(O)c1ccc(C=Cc2ccc(C3NCc4cccc(Cl)c43)cc2)c(S(=O)(=O)O)c1. The van der Waals surface area contributed by atoms with E-state index in [2.05, 4.69) is 5.32 Å². The lowest BCUT2D eigenvalue weighted by molar-refractivity contribution is 0.481. The summed E-state index contributed by atoms with van der Waals surface area (Å²) >= 11 is 6.38. The van der Waals surface area contributed by atoms with E-state index >= 15 is 0 Å². The van der Waals surface area contributed by atoms with Crippen LogP contribution in [0, 0.1) is 0 Å². The highest BCUT2D eigenvalue weighted by atomic mass is 35.5. The van der Waals surface area contributed by atoms with E-state index in [0.717, 1.165) is 34.9 Å². The summed E-state index contributed by atoms with van der Waals surface area (Å²) in [5.41, 5.74) is 4.05. The van der Waals surface area contributed by atoms with Gasteiger partial charge in [-0.3, -0.25) is 9.11 Å². The Morgan fingerprint density at radius 1 is 0.906 bits per heavy atom. The predicted octanol–water partition coefficient (Wildman–Crippen LogP) is 4.20. The van der Waals surface area contributed by atoms with Gasteiger partial charge in [0.05, 0.1) is 10.9 Å². The van der Waals surface area contributed by atoms with Gasteiger partial charge in [-0.2, -0.15) is 16.8 Å². The van der Waals surface area contributed by atoms with Crippen LogP contribution in [0.25, 0.3) is 12.2 Å². The molecule has 0 amide bonds. The second-order valence-corrected chi connectivity index (χ2v) is 10.5. The smallest absolute Gasteiger partial charge is 0.295 e. The molecule has 1 atom stereocenters. The van der Waals surface area contributed by atoms with Gasteiger partial charge < -0.3 is 5.32 Å². The fourth-order valence-corrected chi connectivity index (χ4v) is 5.27. The van der Waals surface area contributed by atoms with Crippen molar-refractivity contribution in [1.82, 2.24) is 5.32 Å². The average Bonchev–Trinajstić information content (AvgIpc) is 3.17. The van der Waals surface area contributed by atoms with Crippen LogP contribution in [0.2, 0.25) is 5.02 Å². The quantitative estimate of drug-likeness (QED) is 0.361. The van der Waals surface area contributed by atoms with Gasteiger partial charge in [0, 0.05) is 11.6 Å².